The first-order valence-electron chi connectivity index (χ1n) is 7.12. The highest BCUT2D eigenvalue weighted by molar-refractivity contribution is 9.10. The van der Waals surface area contributed by atoms with E-state index >= 15 is 0 Å². The van der Waals surface area contributed by atoms with Crippen molar-refractivity contribution in [2.75, 3.05) is 5.32 Å². The van der Waals surface area contributed by atoms with Gasteiger partial charge in [0.2, 0.25) is 0 Å². The van der Waals surface area contributed by atoms with Crippen LogP contribution < -0.4 is 5.32 Å². The van der Waals surface area contributed by atoms with Gasteiger partial charge in [-0.05, 0) is 58.8 Å². The topological polar surface area (TPSA) is 12.0 Å². The Morgan fingerprint density at radius 3 is 2.71 bits per heavy atom. The van der Waals surface area contributed by atoms with Crippen LogP contribution in [0.5, 0.6) is 0 Å². The molecule has 1 atom stereocenters. The highest BCUT2D eigenvalue weighted by Gasteiger charge is 2.23. The number of hydrogen-bond acceptors (Lipinski definition) is 1. The Balaban J connectivity index is 1.71. The van der Waals surface area contributed by atoms with Gasteiger partial charge in [-0.2, -0.15) is 0 Å². The molecular weight excluding hydrogens is 336 g/mol. The van der Waals surface area contributed by atoms with Crippen molar-refractivity contribution in [2.45, 2.75) is 31.7 Å². The van der Waals surface area contributed by atoms with Gasteiger partial charge >= 0.3 is 0 Å². The molecule has 21 heavy (non-hydrogen) atoms. The largest absolute Gasteiger partial charge is 0.381 e. The molecule has 0 aliphatic carbocycles. The lowest BCUT2D eigenvalue weighted by atomic mass is 9.94. The summed E-state index contributed by atoms with van der Waals surface area (Å²) in [5.41, 5.74) is 2.85. The summed E-state index contributed by atoms with van der Waals surface area (Å²) in [6, 6.07) is 11.9. The summed E-state index contributed by atoms with van der Waals surface area (Å²) in [6.45, 7) is 0. The highest BCUT2D eigenvalue weighted by atomic mass is 79.9. The number of benzene rings is 2. The SMILES string of the molecule is Fc1cc2c(c(Br)c1F)NC(CCc1ccccc1)CC2. The van der Waals surface area contributed by atoms with Gasteiger partial charge < -0.3 is 5.32 Å². The van der Waals surface area contributed by atoms with E-state index in [4.69, 9.17) is 0 Å². The zero-order valence-electron chi connectivity index (χ0n) is 11.5. The minimum Gasteiger partial charge on any atom is -0.381 e. The highest BCUT2D eigenvalue weighted by Crippen LogP contribution is 2.36. The third kappa shape index (κ3) is 3.10. The van der Waals surface area contributed by atoms with Crippen LogP contribution in [0, 0.1) is 11.6 Å². The van der Waals surface area contributed by atoms with Gasteiger partial charge in [-0.3, -0.25) is 0 Å². The first-order chi connectivity index (χ1) is 10.1. The Hall–Kier alpha value is -1.42. The second-order valence-corrected chi connectivity index (χ2v) is 6.22. The zero-order valence-corrected chi connectivity index (χ0v) is 13.1. The van der Waals surface area contributed by atoms with E-state index < -0.39 is 11.6 Å². The van der Waals surface area contributed by atoms with E-state index in [-0.39, 0.29) is 4.47 Å². The van der Waals surface area contributed by atoms with Crippen LogP contribution in [0.25, 0.3) is 0 Å². The summed E-state index contributed by atoms with van der Waals surface area (Å²) in [5, 5.41) is 3.35. The molecule has 2 aromatic carbocycles. The van der Waals surface area contributed by atoms with Gasteiger partial charge in [-0.25, -0.2) is 8.78 Å². The van der Waals surface area contributed by atoms with E-state index in [0.717, 1.165) is 31.2 Å². The average molecular weight is 352 g/mol. The number of anilines is 1. The number of nitrogens with one attached hydrogen (secondary N) is 1. The Morgan fingerprint density at radius 2 is 1.95 bits per heavy atom. The van der Waals surface area contributed by atoms with E-state index in [1.165, 1.54) is 11.6 Å². The maximum absolute atomic E-state index is 13.6. The molecule has 1 aliphatic rings. The molecule has 0 aromatic heterocycles. The lowest BCUT2D eigenvalue weighted by Gasteiger charge is -2.28. The van der Waals surface area contributed by atoms with Crippen LogP contribution in [0.3, 0.4) is 0 Å². The summed E-state index contributed by atoms with van der Waals surface area (Å²) >= 11 is 3.16. The Bertz CT molecular complexity index is 643. The Labute approximate surface area is 131 Å². The van der Waals surface area contributed by atoms with Gasteiger partial charge in [0.25, 0.3) is 0 Å². The molecule has 3 rings (SSSR count). The number of aryl methyl sites for hydroxylation is 2. The minimum atomic E-state index is -0.815. The fourth-order valence-electron chi connectivity index (χ4n) is 2.81. The Kier molecular flexibility index (Phi) is 4.24. The summed E-state index contributed by atoms with van der Waals surface area (Å²) in [6.07, 6.45) is 3.68. The van der Waals surface area contributed by atoms with Gasteiger partial charge in [0, 0.05) is 6.04 Å². The quantitative estimate of drug-likeness (QED) is 0.759. The van der Waals surface area contributed by atoms with Crippen LogP contribution >= 0.6 is 15.9 Å². The summed E-state index contributed by atoms with van der Waals surface area (Å²) in [5.74, 6) is -1.60. The lowest BCUT2D eigenvalue weighted by molar-refractivity contribution is 0.498. The van der Waals surface area contributed by atoms with Crippen LogP contribution in [-0.2, 0) is 12.8 Å². The molecule has 110 valence electrons. The number of rotatable bonds is 3. The molecular formula is C17H16BrF2N. The third-order valence-corrected chi connectivity index (χ3v) is 4.72. The van der Waals surface area contributed by atoms with Gasteiger partial charge in [-0.15, -0.1) is 0 Å². The predicted molar refractivity (Wildman–Crippen MR) is 84.6 cm³/mol. The smallest absolute Gasteiger partial charge is 0.175 e. The second-order valence-electron chi connectivity index (χ2n) is 5.42. The van der Waals surface area contributed by atoms with Gasteiger partial charge in [0.1, 0.15) is 0 Å². The van der Waals surface area contributed by atoms with E-state index in [9.17, 15) is 8.78 Å². The van der Waals surface area contributed by atoms with Crippen molar-refractivity contribution >= 4 is 21.6 Å². The van der Waals surface area contributed by atoms with Crippen LogP contribution in [0.1, 0.15) is 24.0 Å². The normalized spacial score (nSPS) is 17.2. The third-order valence-electron chi connectivity index (χ3n) is 3.98. The molecule has 0 bridgehead atoms. The molecule has 0 saturated carbocycles. The first kappa shape index (κ1) is 14.5. The number of halogens is 3. The molecule has 0 saturated heterocycles. The molecule has 0 radical (unpaired) electrons. The van der Waals surface area contributed by atoms with Crippen molar-refractivity contribution in [1.29, 1.82) is 0 Å². The van der Waals surface area contributed by atoms with Gasteiger partial charge in [0.15, 0.2) is 11.6 Å². The predicted octanol–water partition coefficient (Wildman–Crippen LogP) is 5.09. The molecule has 0 amide bonds. The molecule has 1 aliphatic heterocycles. The van der Waals surface area contributed by atoms with Crippen molar-refractivity contribution in [2.24, 2.45) is 0 Å². The van der Waals surface area contributed by atoms with Gasteiger partial charge in [-0.1, -0.05) is 30.3 Å². The van der Waals surface area contributed by atoms with Gasteiger partial charge in [0.05, 0.1) is 10.2 Å². The second kappa shape index (κ2) is 6.14. The van der Waals surface area contributed by atoms with Crippen molar-refractivity contribution in [3.8, 4) is 0 Å². The molecule has 0 spiro atoms. The maximum Gasteiger partial charge on any atom is 0.175 e. The Morgan fingerprint density at radius 1 is 1.19 bits per heavy atom. The first-order valence-corrected chi connectivity index (χ1v) is 7.91. The standard InChI is InChI=1S/C17H16BrF2N/c18-15-16(20)14(19)10-12-7-9-13(21-17(12)15)8-6-11-4-2-1-3-5-11/h1-5,10,13,21H,6-9H2. The van der Waals surface area contributed by atoms with Crippen molar-refractivity contribution in [1.82, 2.24) is 0 Å². The van der Waals surface area contributed by atoms with Crippen molar-refractivity contribution < 1.29 is 8.78 Å². The lowest BCUT2D eigenvalue weighted by Crippen LogP contribution is -2.26. The van der Waals surface area contributed by atoms with E-state index in [2.05, 4.69) is 33.4 Å². The molecule has 0 fully saturated rings. The van der Waals surface area contributed by atoms with E-state index in [1.54, 1.807) is 0 Å². The van der Waals surface area contributed by atoms with E-state index in [0.29, 0.717) is 11.7 Å². The minimum absolute atomic E-state index is 0.210. The van der Waals surface area contributed by atoms with Crippen LogP contribution in [-0.4, -0.2) is 6.04 Å². The molecule has 4 heteroatoms. The molecule has 1 unspecified atom stereocenters. The molecule has 1 heterocycles. The van der Waals surface area contributed by atoms with Crippen LogP contribution in [0.15, 0.2) is 40.9 Å². The zero-order chi connectivity index (χ0) is 14.8. The molecule has 1 nitrogen and oxygen atoms in total. The fourth-order valence-corrected chi connectivity index (χ4v) is 3.36. The number of hydrogen-bond donors (Lipinski definition) is 1. The molecule has 2 aromatic rings. The summed E-state index contributed by atoms with van der Waals surface area (Å²) in [7, 11) is 0. The average Bonchev–Trinajstić information content (AvgIpc) is 2.52. The number of fused-ring (bicyclic) bond motifs is 1. The summed E-state index contributed by atoms with van der Waals surface area (Å²) in [4.78, 5) is 0. The van der Waals surface area contributed by atoms with Crippen molar-refractivity contribution in [3.63, 3.8) is 0 Å². The monoisotopic (exact) mass is 351 g/mol. The fraction of sp³-hybridized carbons (Fsp3) is 0.294. The van der Waals surface area contributed by atoms with Crippen LogP contribution in [0.2, 0.25) is 0 Å². The van der Waals surface area contributed by atoms with Crippen LogP contribution in [0.4, 0.5) is 14.5 Å². The maximum atomic E-state index is 13.6. The van der Waals surface area contributed by atoms with Crippen molar-refractivity contribution in [3.05, 3.63) is 63.6 Å². The molecule has 1 N–H and O–H groups in total. The summed E-state index contributed by atoms with van der Waals surface area (Å²) < 4.78 is 27.2. The van der Waals surface area contributed by atoms with E-state index in [1.807, 2.05) is 18.2 Å².